The summed E-state index contributed by atoms with van der Waals surface area (Å²) in [5.41, 5.74) is 3.71. The number of carbonyl (C=O) groups excluding carboxylic acids is 1. The quantitative estimate of drug-likeness (QED) is 0.740. The van der Waals surface area contributed by atoms with Crippen LogP contribution in [0.15, 0.2) is 42.5 Å². The van der Waals surface area contributed by atoms with Crippen molar-refractivity contribution in [1.29, 1.82) is 0 Å². The second kappa shape index (κ2) is 6.81. The van der Waals surface area contributed by atoms with E-state index in [1.54, 1.807) is 16.9 Å². The molecule has 7 heteroatoms. The number of aryl methyl sites for hydroxylation is 2. The van der Waals surface area contributed by atoms with Gasteiger partial charge in [-0.3, -0.25) is 4.90 Å². The van der Waals surface area contributed by atoms with Gasteiger partial charge in [0.2, 0.25) is 0 Å². The Kier molecular flexibility index (Phi) is 4.57. The van der Waals surface area contributed by atoms with E-state index in [4.69, 9.17) is 4.74 Å². The van der Waals surface area contributed by atoms with Gasteiger partial charge in [-0.25, -0.2) is 13.2 Å². The molecule has 2 aromatic rings. The van der Waals surface area contributed by atoms with Gasteiger partial charge < -0.3 is 9.64 Å². The van der Waals surface area contributed by atoms with Gasteiger partial charge in [-0.05, 0) is 48.7 Å². The summed E-state index contributed by atoms with van der Waals surface area (Å²) in [6, 6.07) is 12.6. The normalized spacial score (nSPS) is 23.2. The van der Waals surface area contributed by atoms with Crippen molar-refractivity contribution in [2.24, 2.45) is 0 Å². The van der Waals surface area contributed by atoms with Gasteiger partial charge in [0, 0.05) is 12.2 Å². The standard InChI is InChI=1S/C21H24N2O4S/c1-14-7-8-15(2)18(9-14)23-20-13-28(25,26)12-19(20)22(21(23)24)11-16-5-4-6-17(10-16)27-3/h4-10,19-20H,11-13H2,1-3H3/t19-,20-/m0/s1. The lowest BCUT2D eigenvalue weighted by Gasteiger charge is -2.24. The Morgan fingerprint density at radius 1 is 1.07 bits per heavy atom. The summed E-state index contributed by atoms with van der Waals surface area (Å²) in [5.74, 6) is 0.728. The van der Waals surface area contributed by atoms with Crippen LogP contribution in [0.2, 0.25) is 0 Å². The molecular formula is C21H24N2O4S. The van der Waals surface area contributed by atoms with Crippen LogP contribution < -0.4 is 9.64 Å². The first kappa shape index (κ1) is 18.8. The molecule has 2 saturated heterocycles. The minimum atomic E-state index is -3.19. The lowest BCUT2D eigenvalue weighted by Crippen LogP contribution is -2.38. The fraction of sp³-hybridized carbons (Fsp3) is 0.381. The second-order valence-corrected chi connectivity index (χ2v) is 9.79. The summed E-state index contributed by atoms with van der Waals surface area (Å²) in [4.78, 5) is 16.8. The van der Waals surface area contributed by atoms with E-state index in [-0.39, 0.29) is 29.6 Å². The van der Waals surface area contributed by atoms with Crippen molar-refractivity contribution in [2.75, 3.05) is 23.5 Å². The van der Waals surface area contributed by atoms with Gasteiger partial charge in [-0.15, -0.1) is 0 Å². The van der Waals surface area contributed by atoms with Gasteiger partial charge in [0.05, 0.1) is 30.7 Å². The third-order valence-corrected chi connectivity index (χ3v) is 7.29. The van der Waals surface area contributed by atoms with E-state index < -0.39 is 9.84 Å². The molecule has 28 heavy (non-hydrogen) atoms. The molecular weight excluding hydrogens is 376 g/mol. The van der Waals surface area contributed by atoms with Crippen molar-refractivity contribution in [2.45, 2.75) is 32.5 Å². The van der Waals surface area contributed by atoms with Crippen molar-refractivity contribution in [1.82, 2.24) is 4.90 Å². The maximum Gasteiger partial charge on any atom is 0.325 e. The summed E-state index contributed by atoms with van der Waals surface area (Å²) in [7, 11) is -1.59. The number of hydrogen-bond donors (Lipinski definition) is 0. The molecule has 2 amide bonds. The lowest BCUT2D eigenvalue weighted by molar-refractivity contribution is 0.205. The van der Waals surface area contributed by atoms with Crippen LogP contribution in [0.25, 0.3) is 0 Å². The van der Waals surface area contributed by atoms with E-state index in [1.165, 1.54) is 0 Å². The minimum absolute atomic E-state index is 0.00536. The number of hydrogen-bond acceptors (Lipinski definition) is 4. The molecule has 2 heterocycles. The molecule has 0 aliphatic carbocycles. The van der Waals surface area contributed by atoms with Crippen molar-refractivity contribution in [3.63, 3.8) is 0 Å². The van der Waals surface area contributed by atoms with Crippen LogP contribution in [0, 0.1) is 13.8 Å². The third kappa shape index (κ3) is 3.24. The van der Waals surface area contributed by atoms with Gasteiger partial charge in [-0.1, -0.05) is 24.3 Å². The fourth-order valence-corrected chi connectivity index (χ4v) is 6.14. The van der Waals surface area contributed by atoms with E-state index in [0.717, 1.165) is 22.4 Å². The highest BCUT2D eigenvalue weighted by Gasteiger charge is 2.54. The first-order valence-electron chi connectivity index (χ1n) is 9.29. The van der Waals surface area contributed by atoms with Crippen molar-refractivity contribution < 1.29 is 17.9 Å². The zero-order chi connectivity index (χ0) is 20.1. The molecule has 6 nitrogen and oxygen atoms in total. The number of methoxy groups -OCH3 is 1. The molecule has 4 rings (SSSR count). The van der Waals surface area contributed by atoms with Crippen molar-refractivity contribution >= 4 is 21.6 Å². The summed E-state index contributed by atoms with van der Waals surface area (Å²) < 4.78 is 30.1. The molecule has 0 N–H and O–H groups in total. The molecule has 148 valence electrons. The molecule has 0 unspecified atom stereocenters. The summed E-state index contributed by atoms with van der Waals surface area (Å²) >= 11 is 0. The van der Waals surface area contributed by atoms with Crippen LogP contribution in [-0.4, -0.2) is 50.0 Å². The lowest BCUT2D eigenvalue weighted by atomic mass is 10.1. The first-order chi connectivity index (χ1) is 13.3. The van der Waals surface area contributed by atoms with Crippen LogP contribution in [0.3, 0.4) is 0 Å². The van der Waals surface area contributed by atoms with Crippen molar-refractivity contribution in [3.8, 4) is 5.75 Å². The number of anilines is 1. The molecule has 0 saturated carbocycles. The van der Waals surface area contributed by atoms with E-state index in [1.807, 2.05) is 56.3 Å². The van der Waals surface area contributed by atoms with Crippen LogP contribution in [-0.2, 0) is 16.4 Å². The predicted octanol–water partition coefficient (Wildman–Crippen LogP) is 2.92. The van der Waals surface area contributed by atoms with Gasteiger partial charge in [0.1, 0.15) is 5.75 Å². The highest BCUT2D eigenvalue weighted by molar-refractivity contribution is 7.91. The molecule has 0 bridgehead atoms. The molecule has 0 aromatic heterocycles. The zero-order valence-corrected chi connectivity index (χ0v) is 17.1. The van der Waals surface area contributed by atoms with Crippen LogP contribution in [0.1, 0.15) is 16.7 Å². The number of sulfone groups is 1. The fourth-order valence-electron chi connectivity index (χ4n) is 4.19. The molecule has 0 radical (unpaired) electrons. The van der Waals surface area contributed by atoms with Gasteiger partial charge >= 0.3 is 6.03 Å². The van der Waals surface area contributed by atoms with Crippen molar-refractivity contribution in [3.05, 3.63) is 59.2 Å². The highest BCUT2D eigenvalue weighted by atomic mass is 32.2. The Balaban J connectivity index is 1.73. The first-order valence-corrected chi connectivity index (χ1v) is 11.1. The summed E-state index contributed by atoms with van der Waals surface area (Å²) in [5, 5.41) is 0. The number of amides is 2. The Labute approximate surface area is 165 Å². The molecule has 0 spiro atoms. The monoisotopic (exact) mass is 400 g/mol. The topological polar surface area (TPSA) is 66.9 Å². The molecule has 2 atom stereocenters. The maximum absolute atomic E-state index is 13.4. The average molecular weight is 401 g/mol. The number of urea groups is 1. The van der Waals surface area contributed by atoms with Gasteiger partial charge in [0.25, 0.3) is 0 Å². The summed E-state index contributed by atoms with van der Waals surface area (Å²) in [6.07, 6.45) is 0. The predicted molar refractivity (Wildman–Crippen MR) is 109 cm³/mol. The zero-order valence-electron chi connectivity index (χ0n) is 16.3. The number of rotatable bonds is 4. The Bertz CT molecular complexity index is 1030. The Morgan fingerprint density at radius 2 is 1.82 bits per heavy atom. The van der Waals surface area contributed by atoms with E-state index in [0.29, 0.717) is 12.3 Å². The van der Waals surface area contributed by atoms with Gasteiger partial charge in [-0.2, -0.15) is 0 Å². The number of benzene rings is 2. The van der Waals surface area contributed by atoms with Gasteiger partial charge in [0.15, 0.2) is 9.84 Å². The number of ether oxygens (including phenoxy) is 1. The van der Waals surface area contributed by atoms with E-state index in [2.05, 4.69) is 0 Å². The van der Waals surface area contributed by atoms with Crippen LogP contribution >= 0.6 is 0 Å². The van der Waals surface area contributed by atoms with Crippen LogP contribution in [0.5, 0.6) is 5.75 Å². The second-order valence-electron chi connectivity index (χ2n) is 7.63. The third-order valence-electron chi connectivity index (χ3n) is 5.59. The highest BCUT2D eigenvalue weighted by Crippen LogP contribution is 2.37. The van der Waals surface area contributed by atoms with E-state index in [9.17, 15) is 13.2 Å². The number of nitrogens with zero attached hydrogens (tertiary/aromatic N) is 2. The molecule has 2 fully saturated rings. The molecule has 2 aliphatic rings. The Morgan fingerprint density at radius 3 is 2.57 bits per heavy atom. The number of carbonyl (C=O) groups is 1. The smallest absolute Gasteiger partial charge is 0.325 e. The molecule has 2 aliphatic heterocycles. The minimum Gasteiger partial charge on any atom is -0.497 e. The number of fused-ring (bicyclic) bond motifs is 1. The largest absolute Gasteiger partial charge is 0.497 e. The van der Waals surface area contributed by atoms with E-state index >= 15 is 0 Å². The van der Waals surface area contributed by atoms with Crippen LogP contribution in [0.4, 0.5) is 10.5 Å². The molecule has 2 aromatic carbocycles. The average Bonchev–Trinajstić information content (AvgIpc) is 3.08. The Hall–Kier alpha value is -2.54. The SMILES string of the molecule is COc1cccc(CN2C(=O)N(c3cc(C)ccc3C)[C@H]3CS(=O)(=O)C[C@@H]32)c1. The summed E-state index contributed by atoms with van der Waals surface area (Å²) in [6.45, 7) is 4.28. The maximum atomic E-state index is 13.4.